The van der Waals surface area contributed by atoms with E-state index in [1.807, 2.05) is 0 Å². The van der Waals surface area contributed by atoms with Gasteiger partial charge in [0, 0.05) is 25.2 Å². The van der Waals surface area contributed by atoms with Crippen LogP contribution in [0.1, 0.15) is 38.5 Å². The molecule has 21 heavy (non-hydrogen) atoms. The molecule has 120 valence electrons. The Labute approximate surface area is 126 Å². The largest absolute Gasteiger partial charge is 0.368 e. The van der Waals surface area contributed by atoms with Crippen LogP contribution in [0.2, 0.25) is 0 Å². The number of primary amides is 1. The van der Waals surface area contributed by atoms with Crippen LogP contribution in [-0.4, -0.2) is 61.4 Å². The van der Waals surface area contributed by atoms with Crippen molar-refractivity contribution >= 4 is 15.7 Å². The van der Waals surface area contributed by atoms with Crippen LogP contribution in [0.25, 0.3) is 0 Å². The second-order valence-corrected chi connectivity index (χ2v) is 8.96. The van der Waals surface area contributed by atoms with Crippen LogP contribution in [-0.2, 0) is 14.6 Å². The van der Waals surface area contributed by atoms with Gasteiger partial charge in [0.05, 0.1) is 11.5 Å². The van der Waals surface area contributed by atoms with Crippen LogP contribution in [0, 0.1) is 0 Å². The summed E-state index contributed by atoms with van der Waals surface area (Å²) < 4.78 is 22.9. The molecule has 3 N–H and O–H groups in total. The molecule has 3 aliphatic heterocycles. The minimum atomic E-state index is -2.84. The summed E-state index contributed by atoms with van der Waals surface area (Å²) in [6, 6.07) is 0.544. The van der Waals surface area contributed by atoms with E-state index < -0.39 is 15.4 Å². The van der Waals surface area contributed by atoms with E-state index >= 15 is 0 Å². The maximum absolute atomic E-state index is 11.9. The molecule has 1 amide bonds. The van der Waals surface area contributed by atoms with Crippen LogP contribution in [0.5, 0.6) is 0 Å². The average Bonchev–Trinajstić information content (AvgIpc) is 2.84. The van der Waals surface area contributed by atoms with E-state index in [-0.39, 0.29) is 17.7 Å². The Bertz CT molecular complexity index is 518. The zero-order valence-corrected chi connectivity index (χ0v) is 13.2. The van der Waals surface area contributed by atoms with Gasteiger partial charge >= 0.3 is 0 Å². The first kappa shape index (κ1) is 15.2. The Kier molecular flexibility index (Phi) is 4.00. The van der Waals surface area contributed by atoms with Crippen LogP contribution in [0.3, 0.4) is 0 Å². The smallest absolute Gasteiger partial charge is 0.237 e. The number of hydrogen-bond donors (Lipinski definition) is 2. The summed E-state index contributed by atoms with van der Waals surface area (Å²) in [7, 11) is -2.84. The van der Waals surface area contributed by atoms with E-state index in [4.69, 9.17) is 5.73 Å². The van der Waals surface area contributed by atoms with Crippen molar-refractivity contribution < 1.29 is 13.2 Å². The molecule has 0 spiro atoms. The molecular formula is C14H25N3O3S. The van der Waals surface area contributed by atoms with E-state index in [2.05, 4.69) is 10.2 Å². The van der Waals surface area contributed by atoms with E-state index in [1.165, 1.54) is 0 Å². The Morgan fingerprint density at radius 2 is 2.10 bits per heavy atom. The Morgan fingerprint density at radius 3 is 2.76 bits per heavy atom. The first-order chi connectivity index (χ1) is 9.93. The lowest BCUT2D eigenvalue weighted by molar-refractivity contribution is -0.131. The van der Waals surface area contributed by atoms with Crippen molar-refractivity contribution in [3.63, 3.8) is 0 Å². The number of nitrogens with zero attached hydrogens (tertiary/aromatic N) is 1. The first-order valence-corrected chi connectivity index (χ1v) is 9.76. The molecule has 3 aliphatic rings. The lowest BCUT2D eigenvalue weighted by atomic mass is 9.87. The van der Waals surface area contributed by atoms with Gasteiger partial charge in [0.1, 0.15) is 5.54 Å². The van der Waals surface area contributed by atoms with Gasteiger partial charge in [0.2, 0.25) is 5.91 Å². The molecule has 0 aliphatic carbocycles. The van der Waals surface area contributed by atoms with Gasteiger partial charge in [-0.3, -0.25) is 9.69 Å². The van der Waals surface area contributed by atoms with Gasteiger partial charge in [-0.2, -0.15) is 0 Å². The maximum Gasteiger partial charge on any atom is 0.237 e. The summed E-state index contributed by atoms with van der Waals surface area (Å²) in [6.07, 6.45) is 5.74. The van der Waals surface area contributed by atoms with Crippen LogP contribution >= 0.6 is 0 Å². The highest BCUT2D eigenvalue weighted by molar-refractivity contribution is 7.91. The van der Waals surface area contributed by atoms with E-state index in [9.17, 15) is 13.2 Å². The quantitative estimate of drug-likeness (QED) is 0.722. The highest BCUT2D eigenvalue weighted by atomic mass is 32.2. The molecule has 3 heterocycles. The SMILES string of the molecule is NC(=O)[C@]12CCC[C@H](CC1)N2CCN[C@@H]1CCS(=O)(=O)C1. The number of carbonyl (C=O) groups excluding carboxylic acids is 1. The Morgan fingerprint density at radius 1 is 1.29 bits per heavy atom. The molecule has 0 aromatic rings. The number of sulfone groups is 1. The lowest BCUT2D eigenvalue weighted by Crippen LogP contribution is -2.59. The monoisotopic (exact) mass is 315 g/mol. The summed E-state index contributed by atoms with van der Waals surface area (Å²) in [5, 5.41) is 3.34. The third-order valence-corrected chi connectivity index (χ3v) is 7.25. The van der Waals surface area contributed by atoms with Gasteiger partial charge in [0.15, 0.2) is 9.84 Å². The standard InChI is InChI=1S/C14H25N3O3S/c15-13(18)14-5-1-2-12(3-6-14)17(14)8-7-16-11-4-9-21(19,20)10-11/h11-12,16H,1-10H2,(H2,15,18)/t11-,12-,14+/m1/s1. The van der Waals surface area contributed by atoms with Crippen LogP contribution in [0.15, 0.2) is 0 Å². The van der Waals surface area contributed by atoms with Crippen molar-refractivity contribution in [1.82, 2.24) is 10.2 Å². The van der Waals surface area contributed by atoms with Crippen LogP contribution in [0.4, 0.5) is 0 Å². The fourth-order valence-corrected chi connectivity index (χ4v) is 6.09. The zero-order valence-electron chi connectivity index (χ0n) is 12.4. The number of carbonyl (C=O) groups is 1. The molecule has 3 atom stereocenters. The zero-order chi connectivity index (χ0) is 15.1. The fraction of sp³-hybridized carbons (Fsp3) is 0.929. The number of piperidine rings is 1. The minimum Gasteiger partial charge on any atom is -0.368 e. The number of nitrogens with two attached hydrogens (primary N) is 1. The predicted molar refractivity (Wildman–Crippen MR) is 80.6 cm³/mol. The van der Waals surface area contributed by atoms with Crippen molar-refractivity contribution in [2.45, 2.75) is 56.1 Å². The minimum absolute atomic E-state index is 0.0713. The summed E-state index contributed by atoms with van der Waals surface area (Å²) in [4.78, 5) is 14.2. The van der Waals surface area contributed by atoms with Gasteiger partial charge in [-0.25, -0.2) is 8.42 Å². The number of fused-ring (bicyclic) bond motifs is 2. The molecule has 0 saturated carbocycles. The van der Waals surface area contributed by atoms with E-state index in [0.717, 1.165) is 45.2 Å². The van der Waals surface area contributed by atoms with E-state index in [1.54, 1.807) is 0 Å². The summed E-state index contributed by atoms with van der Waals surface area (Å²) >= 11 is 0. The molecule has 7 heteroatoms. The van der Waals surface area contributed by atoms with Gasteiger partial charge in [-0.05, 0) is 38.5 Å². The van der Waals surface area contributed by atoms with Gasteiger partial charge in [-0.1, -0.05) is 0 Å². The average molecular weight is 315 g/mol. The van der Waals surface area contributed by atoms with Crippen molar-refractivity contribution in [3.05, 3.63) is 0 Å². The Hall–Kier alpha value is -0.660. The van der Waals surface area contributed by atoms with Gasteiger partial charge in [0.25, 0.3) is 0 Å². The summed E-state index contributed by atoms with van der Waals surface area (Å²) in [5.41, 5.74) is 5.24. The van der Waals surface area contributed by atoms with Crippen molar-refractivity contribution in [1.29, 1.82) is 0 Å². The summed E-state index contributed by atoms with van der Waals surface area (Å²) in [6.45, 7) is 1.51. The molecule has 3 fully saturated rings. The summed E-state index contributed by atoms with van der Waals surface area (Å²) in [5.74, 6) is 0.354. The molecule has 2 bridgehead atoms. The predicted octanol–water partition coefficient (Wildman–Crippen LogP) is -0.364. The number of hydrogen-bond acceptors (Lipinski definition) is 5. The molecule has 0 unspecified atom stereocenters. The molecule has 0 aromatic carbocycles. The number of amides is 1. The maximum atomic E-state index is 11.9. The third-order valence-electron chi connectivity index (χ3n) is 5.49. The number of nitrogens with one attached hydrogen (secondary N) is 1. The van der Waals surface area contributed by atoms with Crippen LogP contribution < -0.4 is 11.1 Å². The van der Waals surface area contributed by atoms with Crippen molar-refractivity contribution in [3.8, 4) is 0 Å². The van der Waals surface area contributed by atoms with Gasteiger partial charge in [-0.15, -0.1) is 0 Å². The molecular weight excluding hydrogens is 290 g/mol. The Balaban J connectivity index is 1.56. The molecule has 3 rings (SSSR count). The first-order valence-electron chi connectivity index (χ1n) is 7.93. The molecule has 6 nitrogen and oxygen atoms in total. The van der Waals surface area contributed by atoms with Gasteiger partial charge < -0.3 is 11.1 Å². The van der Waals surface area contributed by atoms with E-state index in [0.29, 0.717) is 18.2 Å². The van der Waals surface area contributed by atoms with Crippen molar-refractivity contribution in [2.24, 2.45) is 5.73 Å². The lowest BCUT2D eigenvalue weighted by Gasteiger charge is -2.42. The molecule has 0 aromatic heterocycles. The van der Waals surface area contributed by atoms with Crippen molar-refractivity contribution in [2.75, 3.05) is 24.6 Å². The second-order valence-electron chi connectivity index (χ2n) is 6.73. The molecule has 3 saturated heterocycles. The number of rotatable bonds is 5. The normalized spacial score (nSPS) is 38.7. The highest BCUT2D eigenvalue weighted by Gasteiger charge is 2.52. The molecule has 0 radical (unpaired) electrons. The second kappa shape index (κ2) is 5.52. The third kappa shape index (κ3) is 2.83. The topological polar surface area (TPSA) is 92.5 Å². The highest BCUT2D eigenvalue weighted by Crippen LogP contribution is 2.43. The fourth-order valence-electron chi connectivity index (χ4n) is 4.38.